The van der Waals surface area contributed by atoms with Crippen molar-refractivity contribution in [2.45, 2.75) is 25.5 Å². The van der Waals surface area contributed by atoms with Crippen LogP contribution < -0.4 is 16.0 Å². The lowest BCUT2D eigenvalue weighted by Crippen LogP contribution is -2.51. The molecular weight excluding hydrogens is 521 g/mol. The number of anilines is 2. The molecule has 1 fully saturated rings. The number of nitrogens with zero attached hydrogens (tertiary/aromatic N) is 2. The van der Waals surface area contributed by atoms with Gasteiger partial charge in [0.15, 0.2) is 0 Å². The second kappa shape index (κ2) is 11.1. The van der Waals surface area contributed by atoms with E-state index in [0.29, 0.717) is 53.2 Å². The number of rotatable bonds is 5. The molecule has 10 heteroatoms. The van der Waals surface area contributed by atoms with Gasteiger partial charge in [0.2, 0.25) is 0 Å². The molecule has 5 rings (SSSR count). The first-order chi connectivity index (χ1) is 19.2. The number of carbonyl (C=O) groups excluding carboxylic acids is 1. The fraction of sp³-hybridized carbons (Fsp3) is 0.267. The molecule has 0 aliphatic carbocycles. The highest BCUT2D eigenvalue weighted by Gasteiger charge is 2.29. The molecule has 2 heterocycles. The van der Waals surface area contributed by atoms with E-state index in [9.17, 15) is 18.0 Å². The van der Waals surface area contributed by atoms with Crippen molar-refractivity contribution in [1.29, 1.82) is 0 Å². The smallest absolute Gasteiger partial charge is 0.411 e. The molecule has 7 nitrogen and oxygen atoms in total. The van der Waals surface area contributed by atoms with Crippen LogP contribution in [0.1, 0.15) is 12.0 Å². The number of halogens is 3. The predicted octanol–water partition coefficient (Wildman–Crippen LogP) is 6.03. The Balaban J connectivity index is 1.76. The Kier molecular flexibility index (Phi) is 7.64. The number of benzene rings is 3. The summed E-state index contributed by atoms with van der Waals surface area (Å²) in [7, 11) is 2.76. The SMILES string of the molecule is COC(=O)Nc1c(F)cc(F)cc1-c1ccc2ncc(-c3cc(C)cc(F)c3)c(N3CCC(N)C(OC)C3)c2c1. The topological polar surface area (TPSA) is 89.7 Å². The van der Waals surface area contributed by atoms with Crippen LogP contribution in [0.5, 0.6) is 0 Å². The molecule has 0 radical (unpaired) electrons. The summed E-state index contributed by atoms with van der Waals surface area (Å²) in [5.74, 6) is -2.13. The molecular formula is C30H29F3N4O3. The predicted molar refractivity (Wildman–Crippen MR) is 149 cm³/mol. The van der Waals surface area contributed by atoms with Gasteiger partial charge in [-0.3, -0.25) is 10.3 Å². The van der Waals surface area contributed by atoms with Gasteiger partial charge < -0.3 is 20.1 Å². The zero-order valence-electron chi connectivity index (χ0n) is 22.3. The Labute approximate surface area is 229 Å². The first-order valence-electron chi connectivity index (χ1n) is 12.8. The van der Waals surface area contributed by atoms with E-state index in [1.54, 1.807) is 31.5 Å². The fourth-order valence-electron chi connectivity index (χ4n) is 5.26. The summed E-state index contributed by atoms with van der Waals surface area (Å²) in [4.78, 5) is 18.7. The van der Waals surface area contributed by atoms with Crippen LogP contribution in [-0.4, -0.2) is 50.5 Å². The summed E-state index contributed by atoms with van der Waals surface area (Å²) in [6, 6.07) is 11.6. The van der Waals surface area contributed by atoms with Crippen LogP contribution in [0.2, 0.25) is 0 Å². The third-order valence-electron chi connectivity index (χ3n) is 7.20. The van der Waals surface area contributed by atoms with Crippen LogP contribution in [0.4, 0.5) is 29.3 Å². The minimum absolute atomic E-state index is 0.123. The molecule has 1 saturated heterocycles. The van der Waals surface area contributed by atoms with Crippen LogP contribution in [0.3, 0.4) is 0 Å². The minimum Gasteiger partial charge on any atom is -0.453 e. The second-order valence-corrected chi connectivity index (χ2v) is 9.87. The van der Waals surface area contributed by atoms with Crippen molar-refractivity contribution in [3.63, 3.8) is 0 Å². The Morgan fingerprint density at radius 1 is 1.02 bits per heavy atom. The van der Waals surface area contributed by atoms with Crippen molar-refractivity contribution in [2.24, 2.45) is 5.73 Å². The van der Waals surface area contributed by atoms with Gasteiger partial charge in [-0.15, -0.1) is 0 Å². The number of aryl methyl sites for hydroxylation is 1. The Bertz CT molecular complexity index is 1580. The first kappa shape index (κ1) is 27.4. The van der Waals surface area contributed by atoms with E-state index in [-0.39, 0.29) is 29.2 Å². The van der Waals surface area contributed by atoms with Crippen molar-refractivity contribution < 1.29 is 27.4 Å². The zero-order chi connectivity index (χ0) is 28.6. The summed E-state index contributed by atoms with van der Waals surface area (Å²) in [5.41, 5.74) is 10.1. The van der Waals surface area contributed by atoms with Gasteiger partial charge in [-0.25, -0.2) is 18.0 Å². The van der Waals surface area contributed by atoms with Gasteiger partial charge in [0.05, 0.1) is 30.1 Å². The van der Waals surface area contributed by atoms with E-state index < -0.39 is 17.7 Å². The molecule has 1 aliphatic rings. The molecule has 3 aromatic carbocycles. The van der Waals surface area contributed by atoms with E-state index >= 15 is 0 Å². The lowest BCUT2D eigenvalue weighted by molar-refractivity contribution is 0.0731. The molecule has 1 amide bonds. The number of fused-ring (bicyclic) bond motifs is 1. The normalized spacial score (nSPS) is 17.2. The average molecular weight is 551 g/mol. The maximum absolute atomic E-state index is 14.9. The molecule has 2 atom stereocenters. The van der Waals surface area contributed by atoms with Crippen LogP contribution in [0, 0.1) is 24.4 Å². The van der Waals surface area contributed by atoms with Gasteiger partial charge in [-0.2, -0.15) is 0 Å². The number of piperidine rings is 1. The van der Waals surface area contributed by atoms with Crippen LogP contribution in [0.15, 0.2) is 54.7 Å². The molecule has 40 heavy (non-hydrogen) atoms. The number of nitrogens with two attached hydrogens (primary N) is 1. The van der Waals surface area contributed by atoms with Gasteiger partial charge in [-0.05, 0) is 60.4 Å². The van der Waals surface area contributed by atoms with Crippen molar-refractivity contribution in [2.75, 3.05) is 37.5 Å². The van der Waals surface area contributed by atoms with E-state index in [4.69, 9.17) is 10.5 Å². The third-order valence-corrected chi connectivity index (χ3v) is 7.20. The monoisotopic (exact) mass is 550 g/mol. The van der Waals surface area contributed by atoms with E-state index in [0.717, 1.165) is 24.4 Å². The summed E-state index contributed by atoms with van der Waals surface area (Å²) in [6.07, 6.45) is 1.23. The van der Waals surface area contributed by atoms with Gasteiger partial charge >= 0.3 is 6.09 Å². The standard InChI is InChI=1S/C30H29F3N4O3/c1-16-8-18(10-19(31)9-16)23-14-35-26-5-4-17(21-12-20(32)13-24(33)28(21)36-30(38)40-3)11-22(26)29(23)37-7-6-25(34)27(15-37)39-2/h4-5,8-14,25,27H,6-7,15,34H2,1-3H3,(H,36,38). The van der Waals surface area contributed by atoms with E-state index in [1.165, 1.54) is 12.1 Å². The third kappa shape index (κ3) is 5.32. The molecule has 2 unspecified atom stereocenters. The number of pyridine rings is 1. The van der Waals surface area contributed by atoms with Crippen LogP contribution in [0.25, 0.3) is 33.2 Å². The summed E-state index contributed by atoms with van der Waals surface area (Å²) < 4.78 is 54.1. The molecule has 1 aromatic heterocycles. The first-order valence-corrected chi connectivity index (χ1v) is 12.8. The molecule has 0 bridgehead atoms. The summed E-state index contributed by atoms with van der Waals surface area (Å²) >= 11 is 0. The highest BCUT2D eigenvalue weighted by molar-refractivity contribution is 6.03. The number of methoxy groups -OCH3 is 2. The van der Waals surface area contributed by atoms with Gasteiger partial charge in [-0.1, -0.05) is 12.1 Å². The highest BCUT2D eigenvalue weighted by Crippen LogP contribution is 2.41. The number of ether oxygens (including phenoxy) is 2. The van der Waals surface area contributed by atoms with Crippen molar-refractivity contribution in [1.82, 2.24) is 4.98 Å². The van der Waals surface area contributed by atoms with Crippen LogP contribution >= 0.6 is 0 Å². The average Bonchev–Trinajstić information content (AvgIpc) is 2.93. The molecule has 0 spiro atoms. The molecule has 0 saturated carbocycles. The molecule has 1 aliphatic heterocycles. The van der Waals surface area contributed by atoms with Crippen LogP contribution in [-0.2, 0) is 9.47 Å². The van der Waals surface area contributed by atoms with Crippen molar-refractivity contribution >= 4 is 28.4 Å². The van der Waals surface area contributed by atoms with E-state index in [1.807, 2.05) is 13.0 Å². The van der Waals surface area contributed by atoms with Gasteiger partial charge in [0, 0.05) is 55.0 Å². The summed E-state index contributed by atoms with van der Waals surface area (Å²) in [5, 5.41) is 3.02. The quantitative estimate of drug-likeness (QED) is 0.316. The number of aromatic nitrogens is 1. The molecule has 208 valence electrons. The van der Waals surface area contributed by atoms with Crippen molar-refractivity contribution in [3.05, 3.63) is 77.7 Å². The lowest BCUT2D eigenvalue weighted by Gasteiger charge is -2.38. The van der Waals surface area contributed by atoms with Crippen molar-refractivity contribution in [3.8, 4) is 22.3 Å². The van der Waals surface area contributed by atoms with E-state index in [2.05, 4.69) is 19.9 Å². The Morgan fingerprint density at radius 2 is 1.80 bits per heavy atom. The van der Waals surface area contributed by atoms with Gasteiger partial charge in [0.1, 0.15) is 17.5 Å². The largest absolute Gasteiger partial charge is 0.453 e. The molecule has 3 N–H and O–H groups in total. The number of amides is 1. The minimum atomic E-state index is -0.948. The molecule has 4 aromatic rings. The maximum atomic E-state index is 14.9. The Hall–Kier alpha value is -4.15. The fourth-order valence-corrected chi connectivity index (χ4v) is 5.26. The highest BCUT2D eigenvalue weighted by atomic mass is 19.1. The maximum Gasteiger partial charge on any atom is 0.411 e. The number of hydrogen-bond acceptors (Lipinski definition) is 6. The summed E-state index contributed by atoms with van der Waals surface area (Å²) in [6.45, 7) is 2.90. The lowest BCUT2D eigenvalue weighted by atomic mass is 9.94. The van der Waals surface area contributed by atoms with Gasteiger partial charge in [0.25, 0.3) is 0 Å². The number of hydrogen-bond donors (Lipinski definition) is 2. The second-order valence-electron chi connectivity index (χ2n) is 9.87. The number of carbonyl (C=O) groups is 1. The number of nitrogens with one attached hydrogen (secondary N) is 1. The Morgan fingerprint density at radius 3 is 2.52 bits per heavy atom. The zero-order valence-corrected chi connectivity index (χ0v) is 22.3.